The molecule has 1 aromatic heterocycles. The fourth-order valence-electron chi connectivity index (χ4n) is 5.12. The number of amides is 1. The lowest BCUT2D eigenvalue weighted by atomic mass is 9.58. The highest BCUT2D eigenvalue weighted by Gasteiger charge is 2.47. The van der Waals surface area contributed by atoms with Crippen LogP contribution in [0.1, 0.15) is 55.8 Å². The standard InChI is InChI=1S/C25H25BrN2O2/c1-24-9-12-25(13-10-24,14-11-24)28-23(30)20-18-15-17(26)7-8-19(18)27-21(22(20)29)16-5-3-2-4-6-16/h2-8,15,29H,9-14H2,1H3,(H,28,30). The summed E-state index contributed by atoms with van der Waals surface area (Å²) in [4.78, 5) is 18.3. The van der Waals surface area contributed by atoms with Crippen molar-refractivity contribution in [2.45, 2.75) is 51.0 Å². The van der Waals surface area contributed by atoms with Gasteiger partial charge >= 0.3 is 0 Å². The van der Waals surface area contributed by atoms with Gasteiger partial charge in [0, 0.05) is 21.0 Å². The molecule has 3 saturated carbocycles. The van der Waals surface area contributed by atoms with E-state index in [0.717, 1.165) is 48.6 Å². The molecule has 0 spiro atoms. The second kappa shape index (κ2) is 7.09. The highest BCUT2D eigenvalue weighted by molar-refractivity contribution is 9.10. The topological polar surface area (TPSA) is 62.2 Å². The van der Waals surface area contributed by atoms with E-state index in [0.29, 0.717) is 27.6 Å². The van der Waals surface area contributed by atoms with Gasteiger partial charge in [0.2, 0.25) is 0 Å². The van der Waals surface area contributed by atoms with E-state index in [1.807, 2.05) is 48.5 Å². The van der Waals surface area contributed by atoms with Gasteiger partial charge in [-0.3, -0.25) is 4.79 Å². The molecule has 3 aromatic rings. The van der Waals surface area contributed by atoms with Crippen LogP contribution in [0.3, 0.4) is 0 Å². The molecule has 0 aliphatic heterocycles. The summed E-state index contributed by atoms with van der Waals surface area (Å²) in [6.07, 6.45) is 6.47. The van der Waals surface area contributed by atoms with Gasteiger partial charge in [-0.1, -0.05) is 53.2 Å². The lowest BCUT2D eigenvalue weighted by molar-refractivity contribution is 0.0339. The van der Waals surface area contributed by atoms with Crippen molar-refractivity contribution in [1.29, 1.82) is 0 Å². The average Bonchev–Trinajstić information content (AvgIpc) is 2.75. The number of carbonyl (C=O) groups excluding carboxylic acids is 1. The lowest BCUT2D eigenvalue weighted by Crippen LogP contribution is -2.56. The molecular formula is C25H25BrN2O2. The normalized spacial score (nSPS) is 25.4. The first-order valence-electron chi connectivity index (χ1n) is 10.6. The van der Waals surface area contributed by atoms with Crippen molar-refractivity contribution in [1.82, 2.24) is 10.3 Å². The summed E-state index contributed by atoms with van der Waals surface area (Å²) in [5.41, 5.74) is 2.51. The van der Waals surface area contributed by atoms with E-state index in [4.69, 9.17) is 0 Å². The van der Waals surface area contributed by atoms with Gasteiger partial charge in [-0.2, -0.15) is 0 Å². The predicted octanol–water partition coefficient (Wildman–Crippen LogP) is 6.21. The Balaban J connectivity index is 1.61. The van der Waals surface area contributed by atoms with Crippen LogP contribution in [0.2, 0.25) is 0 Å². The number of halogens is 1. The van der Waals surface area contributed by atoms with Crippen molar-refractivity contribution in [3.63, 3.8) is 0 Å². The predicted molar refractivity (Wildman–Crippen MR) is 123 cm³/mol. The zero-order valence-corrected chi connectivity index (χ0v) is 18.6. The molecule has 2 aromatic carbocycles. The van der Waals surface area contributed by atoms with E-state index in [2.05, 4.69) is 33.2 Å². The summed E-state index contributed by atoms with van der Waals surface area (Å²) in [7, 11) is 0. The highest BCUT2D eigenvalue weighted by Crippen LogP contribution is 2.52. The Labute approximate surface area is 184 Å². The molecule has 3 fully saturated rings. The third-order valence-corrected chi connectivity index (χ3v) is 7.69. The van der Waals surface area contributed by atoms with Gasteiger partial charge in [0.25, 0.3) is 5.91 Å². The largest absolute Gasteiger partial charge is 0.505 e. The third-order valence-electron chi connectivity index (χ3n) is 7.20. The second-order valence-corrected chi connectivity index (χ2v) is 10.2. The Morgan fingerprint density at radius 1 is 1.03 bits per heavy atom. The van der Waals surface area contributed by atoms with E-state index < -0.39 is 0 Å². The van der Waals surface area contributed by atoms with E-state index in [-0.39, 0.29) is 17.2 Å². The Morgan fingerprint density at radius 2 is 1.70 bits per heavy atom. The SMILES string of the molecule is CC12CCC(NC(=O)c3c(O)c(-c4ccccc4)nc4ccc(Br)cc34)(CC1)CC2. The van der Waals surface area contributed by atoms with Crippen LogP contribution in [0.15, 0.2) is 53.0 Å². The quantitative estimate of drug-likeness (QED) is 0.483. The van der Waals surface area contributed by atoms with Gasteiger partial charge in [0.15, 0.2) is 5.75 Å². The lowest BCUT2D eigenvalue weighted by Gasteiger charge is -2.52. The van der Waals surface area contributed by atoms with Crippen molar-refractivity contribution in [3.8, 4) is 17.0 Å². The highest BCUT2D eigenvalue weighted by atomic mass is 79.9. The van der Waals surface area contributed by atoms with Gasteiger partial charge in [-0.25, -0.2) is 4.98 Å². The van der Waals surface area contributed by atoms with Gasteiger partial charge in [0.05, 0.1) is 11.1 Å². The summed E-state index contributed by atoms with van der Waals surface area (Å²) in [6, 6.07) is 15.2. The summed E-state index contributed by atoms with van der Waals surface area (Å²) in [5, 5.41) is 15.2. The zero-order valence-electron chi connectivity index (χ0n) is 17.0. The Bertz CT molecular complexity index is 1120. The van der Waals surface area contributed by atoms with Crippen LogP contribution < -0.4 is 5.32 Å². The molecule has 2 N–H and O–H groups in total. The smallest absolute Gasteiger partial charge is 0.256 e. The van der Waals surface area contributed by atoms with Crippen LogP contribution >= 0.6 is 15.9 Å². The summed E-state index contributed by atoms with van der Waals surface area (Å²) in [6.45, 7) is 2.36. The number of aromatic nitrogens is 1. The molecule has 154 valence electrons. The first kappa shape index (κ1) is 19.6. The van der Waals surface area contributed by atoms with E-state index >= 15 is 0 Å². The fourth-order valence-corrected chi connectivity index (χ4v) is 5.48. The molecule has 4 nitrogen and oxygen atoms in total. The molecule has 0 radical (unpaired) electrons. The van der Waals surface area contributed by atoms with Gasteiger partial charge in [0.1, 0.15) is 5.69 Å². The number of nitrogens with one attached hydrogen (secondary N) is 1. The number of nitrogens with zero attached hydrogens (tertiary/aromatic N) is 1. The number of hydrogen-bond acceptors (Lipinski definition) is 3. The number of hydrogen-bond donors (Lipinski definition) is 2. The van der Waals surface area contributed by atoms with Crippen LogP contribution in [0, 0.1) is 5.41 Å². The number of fused-ring (bicyclic) bond motifs is 4. The van der Waals surface area contributed by atoms with Crippen LogP contribution in [0.4, 0.5) is 0 Å². The molecule has 30 heavy (non-hydrogen) atoms. The van der Waals surface area contributed by atoms with E-state index in [9.17, 15) is 9.90 Å². The van der Waals surface area contributed by atoms with Crippen molar-refractivity contribution in [3.05, 3.63) is 58.6 Å². The number of rotatable bonds is 3. The second-order valence-electron chi connectivity index (χ2n) is 9.26. The number of benzene rings is 2. The molecule has 0 saturated heterocycles. The summed E-state index contributed by atoms with van der Waals surface area (Å²) >= 11 is 3.50. The van der Waals surface area contributed by atoms with Crippen molar-refractivity contribution >= 4 is 32.7 Å². The Hall–Kier alpha value is -2.40. The van der Waals surface area contributed by atoms with Gasteiger partial charge < -0.3 is 10.4 Å². The van der Waals surface area contributed by atoms with Crippen LogP contribution in [-0.4, -0.2) is 21.5 Å². The Morgan fingerprint density at radius 3 is 2.37 bits per heavy atom. The monoisotopic (exact) mass is 464 g/mol. The molecule has 5 heteroatoms. The molecule has 1 heterocycles. The Kier molecular flexibility index (Phi) is 4.62. The van der Waals surface area contributed by atoms with Crippen LogP contribution in [0.25, 0.3) is 22.2 Å². The van der Waals surface area contributed by atoms with Crippen molar-refractivity contribution in [2.75, 3.05) is 0 Å². The zero-order chi connectivity index (χ0) is 20.9. The van der Waals surface area contributed by atoms with Gasteiger partial charge in [-0.15, -0.1) is 0 Å². The average molecular weight is 465 g/mol. The molecule has 0 atom stereocenters. The first-order valence-corrected chi connectivity index (χ1v) is 11.4. The number of carbonyl (C=O) groups is 1. The number of aromatic hydroxyl groups is 1. The molecule has 1 amide bonds. The minimum Gasteiger partial charge on any atom is -0.505 e. The van der Waals surface area contributed by atoms with Crippen molar-refractivity contribution in [2.24, 2.45) is 5.41 Å². The van der Waals surface area contributed by atoms with E-state index in [1.165, 1.54) is 0 Å². The molecule has 0 unspecified atom stereocenters. The molecule has 3 aliphatic rings. The van der Waals surface area contributed by atoms with Crippen LogP contribution in [0.5, 0.6) is 5.75 Å². The summed E-state index contributed by atoms with van der Waals surface area (Å²) < 4.78 is 0.849. The maximum atomic E-state index is 13.6. The van der Waals surface area contributed by atoms with E-state index in [1.54, 1.807) is 0 Å². The van der Waals surface area contributed by atoms with Crippen LogP contribution in [-0.2, 0) is 0 Å². The van der Waals surface area contributed by atoms with Crippen molar-refractivity contribution < 1.29 is 9.90 Å². The minimum atomic E-state index is -0.208. The third kappa shape index (κ3) is 3.29. The first-order chi connectivity index (χ1) is 14.4. The molecular weight excluding hydrogens is 440 g/mol. The van der Waals surface area contributed by atoms with Gasteiger partial charge in [-0.05, 0) is 62.1 Å². The molecule has 2 bridgehead atoms. The maximum Gasteiger partial charge on any atom is 0.256 e. The summed E-state index contributed by atoms with van der Waals surface area (Å²) in [5.74, 6) is -0.266. The molecule has 6 rings (SSSR count). The molecule has 3 aliphatic carbocycles. The maximum absolute atomic E-state index is 13.6. The fraction of sp³-hybridized carbons (Fsp3) is 0.360. The minimum absolute atomic E-state index is 0.0582. The number of pyridine rings is 1.